The van der Waals surface area contributed by atoms with E-state index in [0.717, 1.165) is 4.90 Å². The molecular weight excluding hydrogens is 325 g/mol. The number of fused-ring (bicyclic) bond motifs is 1. The second-order valence-electron chi connectivity index (χ2n) is 5.60. The molecule has 3 rings (SSSR count). The van der Waals surface area contributed by atoms with Gasteiger partial charge >= 0.3 is 0 Å². The molecular formula is C18H16FN3O3. The molecule has 0 atom stereocenters. The number of imide groups is 1. The summed E-state index contributed by atoms with van der Waals surface area (Å²) in [5, 5.41) is 2.66. The summed E-state index contributed by atoms with van der Waals surface area (Å²) >= 11 is 0. The van der Waals surface area contributed by atoms with Gasteiger partial charge in [0.05, 0.1) is 5.56 Å². The van der Waals surface area contributed by atoms with Crippen LogP contribution >= 0.6 is 0 Å². The molecule has 0 radical (unpaired) electrons. The van der Waals surface area contributed by atoms with Gasteiger partial charge in [-0.15, -0.1) is 0 Å². The second-order valence-corrected chi connectivity index (χ2v) is 5.60. The number of benzene rings is 1. The van der Waals surface area contributed by atoms with Gasteiger partial charge in [0.1, 0.15) is 11.5 Å². The number of carbonyl (C=O) groups is 3. The van der Waals surface area contributed by atoms with Gasteiger partial charge in [-0.2, -0.15) is 0 Å². The lowest BCUT2D eigenvalue weighted by Crippen LogP contribution is -2.35. The highest BCUT2D eigenvalue weighted by Crippen LogP contribution is 2.20. The zero-order valence-corrected chi connectivity index (χ0v) is 13.4. The van der Waals surface area contributed by atoms with Crippen LogP contribution in [0, 0.1) is 5.82 Å². The van der Waals surface area contributed by atoms with Crippen molar-refractivity contribution in [2.75, 3.05) is 13.1 Å². The zero-order valence-electron chi connectivity index (χ0n) is 13.4. The van der Waals surface area contributed by atoms with E-state index in [9.17, 15) is 18.8 Å². The molecule has 2 heterocycles. The van der Waals surface area contributed by atoms with Gasteiger partial charge in [-0.3, -0.25) is 24.3 Å². The topological polar surface area (TPSA) is 79.4 Å². The molecule has 6 nitrogen and oxygen atoms in total. The standard InChI is InChI=1S/C18H16FN3O3/c19-14-6-2-1-4-12(14)7-10-20-15(23)8-11-22-17(24)13-5-3-9-21-16(13)18(22)25/h1-6,9H,7-8,10-11H2,(H,20,23). The number of amides is 3. The van der Waals surface area contributed by atoms with Gasteiger partial charge in [-0.25, -0.2) is 4.39 Å². The van der Waals surface area contributed by atoms with Crippen LogP contribution < -0.4 is 5.32 Å². The molecule has 1 aromatic carbocycles. The minimum absolute atomic E-state index is 0.0112. The third-order valence-corrected chi connectivity index (χ3v) is 3.97. The van der Waals surface area contributed by atoms with E-state index >= 15 is 0 Å². The van der Waals surface area contributed by atoms with Crippen molar-refractivity contribution in [1.29, 1.82) is 0 Å². The average Bonchev–Trinajstić information content (AvgIpc) is 2.86. The first kappa shape index (κ1) is 16.8. The van der Waals surface area contributed by atoms with E-state index in [4.69, 9.17) is 0 Å². The Morgan fingerprint density at radius 1 is 1.12 bits per heavy atom. The average molecular weight is 341 g/mol. The van der Waals surface area contributed by atoms with Crippen LogP contribution in [-0.4, -0.2) is 40.7 Å². The fourth-order valence-corrected chi connectivity index (χ4v) is 2.66. The predicted molar refractivity (Wildman–Crippen MR) is 87.3 cm³/mol. The Hall–Kier alpha value is -3.09. The molecule has 0 bridgehead atoms. The first-order valence-corrected chi connectivity index (χ1v) is 7.89. The normalized spacial score (nSPS) is 13.1. The van der Waals surface area contributed by atoms with Gasteiger partial charge in [0.15, 0.2) is 0 Å². The lowest BCUT2D eigenvalue weighted by atomic mass is 10.1. The maximum atomic E-state index is 13.5. The molecule has 7 heteroatoms. The summed E-state index contributed by atoms with van der Waals surface area (Å²) in [7, 11) is 0. The lowest BCUT2D eigenvalue weighted by molar-refractivity contribution is -0.121. The largest absolute Gasteiger partial charge is 0.356 e. The highest BCUT2D eigenvalue weighted by atomic mass is 19.1. The number of rotatable bonds is 6. The number of nitrogens with zero attached hydrogens (tertiary/aromatic N) is 2. The molecule has 2 aromatic rings. The maximum absolute atomic E-state index is 13.5. The summed E-state index contributed by atoms with van der Waals surface area (Å²) in [5.74, 6) is -1.54. The molecule has 0 aliphatic carbocycles. The fourth-order valence-electron chi connectivity index (χ4n) is 2.66. The number of hydrogen-bond donors (Lipinski definition) is 1. The first-order chi connectivity index (χ1) is 12.1. The van der Waals surface area contributed by atoms with Crippen molar-refractivity contribution < 1.29 is 18.8 Å². The molecule has 0 fully saturated rings. The quantitative estimate of drug-likeness (QED) is 0.809. The van der Waals surface area contributed by atoms with E-state index in [1.807, 2.05) is 0 Å². The van der Waals surface area contributed by atoms with Gasteiger partial charge in [0.2, 0.25) is 5.91 Å². The number of hydrogen-bond acceptors (Lipinski definition) is 4. The summed E-state index contributed by atoms with van der Waals surface area (Å²) in [6.45, 7) is 0.267. The van der Waals surface area contributed by atoms with Gasteiger partial charge in [0, 0.05) is 25.7 Å². The smallest absolute Gasteiger partial charge is 0.280 e. The van der Waals surface area contributed by atoms with Crippen LogP contribution in [0.2, 0.25) is 0 Å². The number of carbonyl (C=O) groups excluding carboxylic acids is 3. The summed E-state index contributed by atoms with van der Waals surface area (Å²) in [4.78, 5) is 41.1. The number of aromatic nitrogens is 1. The number of pyridine rings is 1. The van der Waals surface area contributed by atoms with Crippen LogP contribution in [0.1, 0.15) is 32.8 Å². The van der Waals surface area contributed by atoms with Crippen LogP contribution in [0.15, 0.2) is 42.6 Å². The van der Waals surface area contributed by atoms with E-state index in [1.165, 1.54) is 18.3 Å². The molecule has 128 valence electrons. The maximum Gasteiger partial charge on any atom is 0.280 e. The van der Waals surface area contributed by atoms with Crippen LogP contribution in [-0.2, 0) is 11.2 Å². The Kier molecular flexibility index (Phi) is 4.83. The minimum Gasteiger partial charge on any atom is -0.356 e. The summed E-state index contributed by atoms with van der Waals surface area (Å²) in [6, 6.07) is 9.49. The van der Waals surface area contributed by atoms with E-state index in [2.05, 4.69) is 10.3 Å². The van der Waals surface area contributed by atoms with Crippen LogP contribution in [0.3, 0.4) is 0 Å². The molecule has 1 N–H and O–H groups in total. The molecule has 1 aliphatic rings. The van der Waals surface area contributed by atoms with Crippen LogP contribution in [0.4, 0.5) is 4.39 Å². The molecule has 3 amide bonds. The summed E-state index contributed by atoms with van der Waals surface area (Å²) in [5.41, 5.74) is 0.897. The SMILES string of the molecule is O=C(CCN1C(=O)c2cccnc2C1=O)NCCc1ccccc1F. The van der Waals surface area contributed by atoms with Crippen LogP contribution in [0.5, 0.6) is 0 Å². The van der Waals surface area contributed by atoms with E-state index < -0.39 is 11.8 Å². The molecule has 1 aromatic heterocycles. The molecule has 0 saturated heterocycles. The Balaban J connectivity index is 1.48. The molecule has 0 saturated carbocycles. The van der Waals surface area contributed by atoms with Gasteiger partial charge in [0.25, 0.3) is 11.8 Å². The lowest BCUT2D eigenvalue weighted by Gasteiger charge is -2.13. The van der Waals surface area contributed by atoms with E-state index in [1.54, 1.807) is 24.3 Å². The van der Waals surface area contributed by atoms with Crippen molar-refractivity contribution in [2.45, 2.75) is 12.8 Å². The second kappa shape index (κ2) is 7.21. The number of halogens is 1. The zero-order chi connectivity index (χ0) is 17.8. The highest BCUT2D eigenvalue weighted by molar-refractivity contribution is 6.20. The molecule has 0 unspecified atom stereocenters. The summed E-state index contributed by atoms with van der Waals surface area (Å²) in [6.07, 6.45) is 1.81. The van der Waals surface area contributed by atoms with E-state index in [-0.39, 0.29) is 42.5 Å². The third-order valence-electron chi connectivity index (χ3n) is 3.97. The van der Waals surface area contributed by atoms with Crippen molar-refractivity contribution >= 4 is 17.7 Å². The molecule has 0 spiro atoms. The molecule has 25 heavy (non-hydrogen) atoms. The fraction of sp³-hybridized carbons (Fsp3) is 0.222. The Morgan fingerprint density at radius 3 is 2.68 bits per heavy atom. The van der Waals surface area contributed by atoms with Gasteiger partial charge in [-0.1, -0.05) is 18.2 Å². The number of nitrogens with one attached hydrogen (secondary N) is 1. The van der Waals surface area contributed by atoms with Gasteiger partial charge in [-0.05, 0) is 30.2 Å². The Morgan fingerprint density at radius 2 is 1.92 bits per heavy atom. The van der Waals surface area contributed by atoms with Crippen molar-refractivity contribution in [3.05, 3.63) is 65.2 Å². The Bertz CT molecular complexity index is 803. The van der Waals surface area contributed by atoms with Crippen molar-refractivity contribution in [3.8, 4) is 0 Å². The third kappa shape index (κ3) is 3.55. The van der Waals surface area contributed by atoms with E-state index in [0.29, 0.717) is 12.0 Å². The summed E-state index contributed by atoms with van der Waals surface area (Å²) < 4.78 is 13.5. The molecule has 1 aliphatic heterocycles. The van der Waals surface area contributed by atoms with Crippen molar-refractivity contribution in [2.24, 2.45) is 0 Å². The van der Waals surface area contributed by atoms with Crippen molar-refractivity contribution in [1.82, 2.24) is 15.2 Å². The van der Waals surface area contributed by atoms with Crippen LogP contribution in [0.25, 0.3) is 0 Å². The first-order valence-electron chi connectivity index (χ1n) is 7.89. The monoisotopic (exact) mass is 341 g/mol. The minimum atomic E-state index is -0.486. The highest BCUT2D eigenvalue weighted by Gasteiger charge is 2.36. The van der Waals surface area contributed by atoms with Crippen molar-refractivity contribution in [3.63, 3.8) is 0 Å². The Labute approximate surface area is 143 Å². The predicted octanol–water partition coefficient (Wildman–Crippen LogP) is 1.57. The van der Waals surface area contributed by atoms with Gasteiger partial charge < -0.3 is 5.32 Å².